The molecule has 0 saturated heterocycles. The van der Waals surface area contributed by atoms with Crippen molar-refractivity contribution in [2.75, 3.05) is 0 Å². The Labute approximate surface area is 193 Å². The molecule has 0 atom stereocenters. The summed E-state index contributed by atoms with van der Waals surface area (Å²) in [6.07, 6.45) is 0. The first kappa shape index (κ1) is 652. The fourth-order valence-corrected chi connectivity index (χ4v) is 0. The van der Waals surface area contributed by atoms with Crippen molar-refractivity contribution in [3.05, 3.63) is 0 Å². The minimum Gasteiger partial charge on any atom is -2.00 e. The molecule has 0 aliphatic carbocycles. The molecule has 18 heteroatoms. The topological polar surface area (TPSA) is 342 Å². The van der Waals surface area contributed by atoms with E-state index in [1.807, 2.05) is 0 Å². The Morgan fingerprint density at radius 2 is 0.111 bits per heavy atom. The quantitative estimate of drug-likeness (QED) is 0.360. The molecule has 0 aliphatic rings. The van der Waals surface area contributed by atoms with Crippen molar-refractivity contribution in [1.82, 2.24) is 0 Å². The van der Waals surface area contributed by atoms with Crippen LogP contribution in [0.1, 0.15) is 0 Å². The maximum atomic E-state index is 0. The van der Waals surface area contributed by atoms with Gasteiger partial charge in [-0.2, -0.15) is 0 Å². The van der Waals surface area contributed by atoms with Gasteiger partial charge >= 0.3 is 130 Å². The van der Waals surface area contributed by atoms with Gasteiger partial charge in [0.25, 0.3) is 0 Å². The Hall–Kier alpha value is 3.81. The van der Waals surface area contributed by atoms with Crippen molar-refractivity contribution < 1.29 is 196 Å². The zero-order valence-electron chi connectivity index (χ0n) is 7.90. The van der Waals surface area contributed by atoms with Gasteiger partial charge in [0.2, 0.25) is 0 Å². The summed E-state index contributed by atoms with van der Waals surface area (Å²) in [7, 11) is 0. The van der Waals surface area contributed by atoms with Crippen LogP contribution in [0.2, 0.25) is 0 Å². The van der Waals surface area contributed by atoms with Gasteiger partial charge in [-0.15, -0.1) is 0 Å². The predicted molar refractivity (Wildman–Crippen MR) is 8.24 cm³/mol. The Balaban J connectivity index is 0. The van der Waals surface area contributed by atoms with Gasteiger partial charge in [0.1, 0.15) is 0 Å². The van der Waals surface area contributed by atoms with Crippen LogP contribution < -0.4 is 0 Å². The van der Waals surface area contributed by atoms with Crippen molar-refractivity contribution in [3.63, 3.8) is 0 Å². The van der Waals surface area contributed by atoms with E-state index in [9.17, 15) is 0 Å². The molecule has 0 spiro atoms. The van der Waals surface area contributed by atoms with E-state index in [4.69, 9.17) is 0 Å². The molecule has 96 valence electrons. The molecule has 0 aromatic heterocycles. The number of hydrogen-bond donors (Lipinski definition) is 0. The molecule has 0 saturated carbocycles. The third-order valence-corrected chi connectivity index (χ3v) is 0. The minimum atomic E-state index is 0. The molecule has 0 bridgehead atoms. The summed E-state index contributed by atoms with van der Waals surface area (Å²) < 4.78 is 0. The second kappa shape index (κ2) is 563. The van der Waals surface area contributed by atoms with Crippen molar-refractivity contribution in [2.45, 2.75) is 0 Å². The molecule has 0 unspecified atom stereocenters. The van der Waals surface area contributed by atoms with Gasteiger partial charge in [-0.05, 0) is 0 Å². The largest absolute Gasteiger partial charge is 4.00 e. The SMILES string of the molecule is [O-2].[O-2].[O-2].[O-2].[O-2].[O-2].[O-2].[O-2].[O-2].[O-2].[O-2].[O-2].[Ti+4].[Ti+4].[Ti+4].[Ti+4].[Ti+4].[Ti+4]. The maximum absolute atomic E-state index is 0. The Kier molecular flexibility index (Phi) is 20400. The van der Waals surface area contributed by atoms with Gasteiger partial charge in [-0.3, -0.25) is 0 Å². The fourth-order valence-electron chi connectivity index (χ4n) is 0. The average molecular weight is 479 g/mol. The molecule has 0 N–H and O–H groups in total. The van der Waals surface area contributed by atoms with Gasteiger partial charge in [0.05, 0.1) is 0 Å². The molecule has 0 amide bonds. The number of hydrogen-bond acceptors (Lipinski definition) is 0. The first-order valence-electron chi connectivity index (χ1n) is 0. The summed E-state index contributed by atoms with van der Waals surface area (Å²) in [4.78, 5) is 0. The smallest absolute Gasteiger partial charge is 2.00 e. The van der Waals surface area contributed by atoms with Gasteiger partial charge < -0.3 is 65.7 Å². The molecule has 18 heavy (non-hydrogen) atoms. The van der Waals surface area contributed by atoms with E-state index >= 15 is 0 Å². The Bertz CT molecular complexity index is 16.5. The van der Waals surface area contributed by atoms with E-state index in [0.29, 0.717) is 0 Å². The predicted octanol–water partition coefficient (Wildman–Crippen LogP) is -1.44. The van der Waals surface area contributed by atoms with Crippen LogP contribution in [0.25, 0.3) is 0 Å². The average Bonchev–Trinajstić information content (AvgIpc) is 0. The van der Waals surface area contributed by atoms with Crippen LogP contribution in [0, 0.1) is 0 Å². The van der Waals surface area contributed by atoms with Crippen molar-refractivity contribution in [1.29, 1.82) is 0 Å². The third kappa shape index (κ3) is 484. The summed E-state index contributed by atoms with van der Waals surface area (Å²) in [5.74, 6) is 0. The molecule has 0 aromatic rings. The van der Waals surface area contributed by atoms with Gasteiger partial charge in [0, 0.05) is 0 Å². The van der Waals surface area contributed by atoms with Crippen LogP contribution in [-0.2, 0) is 196 Å². The second-order valence-corrected chi connectivity index (χ2v) is 0. The zero-order valence-corrected chi connectivity index (χ0v) is 17.3. The number of rotatable bonds is 0. The van der Waals surface area contributed by atoms with Crippen LogP contribution >= 0.6 is 0 Å². The van der Waals surface area contributed by atoms with Crippen LogP contribution in [0.4, 0.5) is 0 Å². The summed E-state index contributed by atoms with van der Waals surface area (Å²) in [6.45, 7) is 0. The van der Waals surface area contributed by atoms with Crippen LogP contribution in [0.5, 0.6) is 0 Å². The summed E-state index contributed by atoms with van der Waals surface area (Å²) in [6, 6.07) is 0. The Morgan fingerprint density at radius 3 is 0.111 bits per heavy atom. The van der Waals surface area contributed by atoms with Crippen LogP contribution in [-0.4, -0.2) is 0 Å². The molecule has 0 fully saturated rings. The minimum absolute atomic E-state index is 0. The molecule has 0 rings (SSSR count). The monoisotopic (exact) mass is 480 g/mol. The van der Waals surface area contributed by atoms with E-state index < -0.39 is 0 Å². The van der Waals surface area contributed by atoms with Gasteiger partial charge in [0.15, 0.2) is 0 Å². The van der Waals surface area contributed by atoms with E-state index in [-0.39, 0.29) is 196 Å². The zero-order chi connectivity index (χ0) is 0. The van der Waals surface area contributed by atoms with Crippen LogP contribution in [0.15, 0.2) is 0 Å². The van der Waals surface area contributed by atoms with E-state index in [0.717, 1.165) is 0 Å². The molecular weight excluding hydrogens is 479 g/mol. The van der Waals surface area contributed by atoms with E-state index in [1.54, 1.807) is 0 Å². The normalized spacial score (nSPS) is 0. The first-order chi connectivity index (χ1) is 0. The second-order valence-electron chi connectivity index (χ2n) is 0. The van der Waals surface area contributed by atoms with Gasteiger partial charge in [-0.1, -0.05) is 0 Å². The third-order valence-electron chi connectivity index (χ3n) is 0. The van der Waals surface area contributed by atoms with Crippen molar-refractivity contribution in [3.8, 4) is 0 Å². The molecule has 12 nitrogen and oxygen atoms in total. The van der Waals surface area contributed by atoms with Crippen molar-refractivity contribution >= 4 is 0 Å². The molecule has 0 heterocycles. The van der Waals surface area contributed by atoms with E-state index in [1.165, 1.54) is 0 Å². The van der Waals surface area contributed by atoms with Crippen LogP contribution in [0.3, 0.4) is 0 Å². The molecule has 0 radical (unpaired) electrons. The standard InChI is InChI=1S/12O.6Ti/q12*-2;6*+4. The summed E-state index contributed by atoms with van der Waals surface area (Å²) in [5.41, 5.74) is 0. The summed E-state index contributed by atoms with van der Waals surface area (Å²) >= 11 is 0. The molecular formula is O12Ti6. The maximum Gasteiger partial charge on any atom is 4.00 e. The molecule has 0 aliphatic heterocycles. The first-order valence-corrected chi connectivity index (χ1v) is 0. The summed E-state index contributed by atoms with van der Waals surface area (Å²) in [5, 5.41) is 0. The van der Waals surface area contributed by atoms with Gasteiger partial charge in [-0.25, -0.2) is 0 Å². The fraction of sp³-hybridized carbons (Fsp3) is 0. The molecule has 0 aromatic carbocycles. The van der Waals surface area contributed by atoms with E-state index in [2.05, 4.69) is 0 Å². The van der Waals surface area contributed by atoms with Crippen molar-refractivity contribution in [2.24, 2.45) is 0 Å². The Morgan fingerprint density at radius 1 is 0.111 bits per heavy atom.